The number of halogens is 4. The van der Waals surface area contributed by atoms with Gasteiger partial charge in [0.05, 0.1) is 4.47 Å². The SMILES string of the molecule is Cc1cc(OC(F)F)c(Br)cc1Cl. The Morgan fingerprint density at radius 2 is 2.08 bits per heavy atom. The molecule has 0 aliphatic heterocycles. The summed E-state index contributed by atoms with van der Waals surface area (Å²) in [6.07, 6.45) is 0. The lowest BCUT2D eigenvalue weighted by Crippen LogP contribution is -2.02. The number of benzene rings is 1. The van der Waals surface area contributed by atoms with Gasteiger partial charge in [-0.2, -0.15) is 8.78 Å². The van der Waals surface area contributed by atoms with Crippen molar-refractivity contribution < 1.29 is 13.5 Å². The Kier molecular flexibility index (Phi) is 3.50. The van der Waals surface area contributed by atoms with Gasteiger partial charge in [-0.3, -0.25) is 0 Å². The molecule has 0 spiro atoms. The van der Waals surface area contributed by atoms with Crippen molar-refractivity contribution in [1.82, 2.24) is 0 Å². The molecule has 0 atom stereocenters. The molecular formula is C8H6BrClF2O. The van der Waals surface area contributed by atoms with E-state index in [9.17, 15) is 8.78 Å². The Labute approximate surface area is 87.8 Å². The minimum absolute atomic E-state index is 0.0944. The van der Waals surface area contributed by atoms with E-state index in [0.29, 0.717) is 15.1 Å². The first-order chi connectivity index (χ1) is 6.00. The van der Waals surface area contributed by atoms with Crippen molar-refractivity contribution in [2.24, 2.45) is 0 Å². The van der Waals surface area contributed by atoms with Crippen molar-refractivity contribution in [1.29, 1.82) is 0 Å². The Balaban J connectivity index is 3.01. The lowest BCUT2D eigenvalue weighted by Gasteiger charge is -2.08. The summed E-state index contributed by atoms with van der Waals surface area (Å²) >= 11 is 8.82. The molecule has 0 N–H and O–H groups in total. The molecular weight excluding hydrogens is 265 g/mol. The molecule has 0 fully saturated rings. The van der Waals surface area contributed by atoms with Crippen LogP contribution < -0.4 is 4.74 Å². The van der Waals surface area contributed by atoms with Crippen LogP contribution in [0.5, 0.6) is 5.75 Å². The summed E-state index contributed by atoms with van der Waals surface area (Å²) in [5, 5.41) is 0.508. The number of ether oxygens (including phenoxy) is 1. The molecule has 0 bridgehead atoms. The second-order valence-electron chi connectivity index (χ2n) is 2.41. The molecule has 0 radical (unpaired) electrons. The van der Waals surface area contributed by atoms with Gasteiger partial charge >= 0.3 is 6.61 Å². The fraction of sp³-hybridized carbons (Fsp3) is 0.250. The van der Waals surface area contributed by atoms with E-state index >= 15 is 0 Å². The first-order valence-corrected chi connectivity index (χ1v) is 4.58. The Morgan fingerprint density at radius 1 is 1.46 bits per heavy atom. The van der Waals surface area contributed by atoms with Crippen LogP contribution in [0.2, 0.25) is 5.02 Å². The molecule has 1 aromatic rings. The Bertz CT molecular complexity index is 317. The summed E-state index contributed by atoms with van der Waals surface area (Å²) in [6, 6.07) is 2.98. The van der Waals surface area contributed by atoms with Gasteiger partial charge in [0.25, 0.3) is 0 Å². The largest absolute Gasteiger partial charge is 0.434 e. The van der Waals surface area contributed by atoms with Gasteiger partial charge in [0.1, 0.15) is 5.75 Å². The highest BCUT2D eigenvalue weighted by Crippen LogP contribution is 2.31. The molecule has 1 nitrogen and oxygen atoms in total. The van der Waals surface area contributed by atoms with Gasteiger partial charge in [0, 0.05) is 5.02 Å². The molecule has 1 aromatic carbocycles. The second kappa shape index (κ2) is 4.24. The van der Waals surface area contributed by atoms with Gasteiger partial charge in [-0.25, -0.2) is 0 Å². The van der Waals surface area contributed by atoms with Crippen LogP contribution in [0.15, 0.2) is 16.6 Å². The quantitative estimate of drug-likeness (QED) is 0.789. The lowest BCUT2D eigenvalue weighted by atomic mass is 10.2. The summed E-state index contributed by atoms with van der Waals surface area (Å²) in [4.78, 5) is 0. The molecule has 13 heavy (non-hydrogen) atoms. The lowest BCUT2D eigenvalue weighted by molar-refractivity contribution is -0.0503. The zero-order valence-electron chi connectivity index (χ0n) is 6.65. The first kappa shape index (κ1) is 10.7. The van der Waals surface area contributed by atoms with Gasteiger partial charge in [-0.05, 0) is 40.5 Å². The molecule has 0 amide bonds. The molecule has 0 aliphatic carbocycles. The standard InChI is InChI=1S/C8H6BrClF2O/c1-4-2-7(13-8(11)12)5(9)3-6(4)10/h2-3,8H,1H3. The van der Waals surface area contributed by atoms with E-state index in [1.54, 1.807) is 6.92 Å². The van der Waals surface area contributed by atoms with Gasteiger partial charge in [-0.15, -0.1) is 0 Å². The van der Waals surface area contributed by atoms with Gasteiger partial charge in [-0.1, -0.05) is 11.6 Å². The third kappa shape index (κ3) is 2.81. The van der Waals surface area contributed by atoms with Crippen LogP contribution in [0.1, 0.15) is 5.56 Å². The van der Waals surface area contributed by atoms with E-state index in [1.807, 2.05) is 0 Å². The van der Waals surface area contributed by atoms with Crippen LogP contribution in [0.4, 0.5) is 8.78 Å². The molecule has 72 valence electrons. The van der Waals surface area contributed by atoms with Crippen molar-refractivity contribution in [2.75, 3.05) is 0 Å². The summed E-state index contributed by atoms with van der Waals surface area (Å²) in [7, 11) is 0. The summed E-state index contributed by atoms with van der Waals surface area (Å²) < 4.78 is 28.4. The second-order valence-corrected chi connectivity index (χ2v) is 3.67. The monoisotopic (exact) mass is 270 g/mol. The van der Waals surface area contributed by atoms with E-state index < -0.39 is 6.61 Å². The molecule has 1 rings (SSSR count). The average Bonchev–Trinajstić information content (AvgIpc) is 1.99. The Morgan fingerprint density at radius 3 is 2.62 bits per heavy atom. The zero-order valence-corrected chi connectivity index (χ0v) is 8.99. The highest BCUT2D eigenvalue weighted by atomic mass is 79.9. The zero-order chi connectivity index (χ0) is 10.0. The molecule has 0 aromatic heterocycles. The van der Waals surface area contributed by atoms with E-state index in [1.165, 1.54) is 12.1 Å². The van der Waals surface area contributed by atoms with Crippen LogP contribution in [-0.2, 0) is 0 Å². The van der Waals surface area contributed by atoms with Crippen LogP contribution >= 0.6 is 27.5 Å². The van der Waals surface area contributed by atoms with Crippen molar-refractivity contribution in [3.05, 3.63) is 27.2 Å². The van der Waals surface area contributed by atoms with Gasteiger partial charge in [0.15, 0.2) is 0 Å². The summed E-state index contributed by atoms with van der Waals surface area (Å²) in [6.45, 7) is -1.11. The highest BCUT2D eigenvalue weighted by molar-refractivity contribution is 9.10. The van der Waals surface area contributed by atoms with Gasteiger partial charge < -0.3 is 4.74 Å². The molecule has 0 saturated carbocycles. The minimum Gasteiger partial charge on any atom is -0.434 e. The topological polar surface area (TPSA) is 9.23 Å². The van der Waals surface area contributed by atoms with Crippen molar-refractivity contribution >= 4 is 27.5 Å². The van der Waals surface area contributed by atoms with E-state index in [2.05, 4.69) is 20.7 Å². The molecule has 0 aliphatic rings. The maximum atomic E-state index is 11.9. The minimum atomic E-state index is -2.82. The van der Waals surface area contributed by atoms with Gasteiger partial charge in [0.2, 0.25) is 0 Å². The third-order valence-electron chi connectivity index (χ3n) is 1.43. The van der Waals surface area contributed by atoms with Crippen molar-refractivity contribution in [3.63, 3.8) is 0 Å². The van der Waals surface area contributed by atoms with Crippen molar-refractivity contribution in [3.8, 4) is 5.75 Å². The predicted octanol–water partition coefficient (Wildman–Crippen LogP) is 4.01. The smallest absolute Gasteiger partial charge is 0.387 e. The van der Waals surface area contributed by atoms with Crippen LogP contribution in [0, 0.1) is 6.92 Å². The van der Waals surface area contributed by atoms with E-state index in [-0.39, 0.29) is 5.75 Å². The number of hydrogen-bond acceptors (Lipinski definition) is 1. The number of alkyl halides is 2. The maximum absolute atomic E-state index is 11.9. The molecule has 0 heterocycles. The average molecular weight is 271 g/mol. The number of aryl methyl sites for hydroxylation is 1. The predicted molar refractivity (Wildman–Crippen MR) is 50.5 cm³/mol. The van der Waals surface area contributed by atoms with Crippen molar-refractivity contribution in [2.45, 2.75) is 13.5 Å². The molecule has 0 saturated heterocycles. The van der Waals surface area contributed by atoms with Crippen LogP contribution in [0.3, 0.4) is 0 Å². The Hall–Kier alpha value is -0.350. The number of hydrogen-bond donors (Lipinski definition) is 0. The maximum Gasteiger partial charge on any atom is 0.387 e. The molecule has 5 heteroatoms. The number of rotatable bonds is 2. The third-order valence-corrected chi connectivity index (χ3v) is 2.46. The normalized spacial score (nSPS) is 10.6. The van der Waals surface area contributed by atoms with Crippen LogP contribution in [0.25, 0.3) is 0 Å². The van der Waals surface area contributed by atoms with E-state index in [4.69, 9.17) is 11.6 Å². The summed E-state index contributed by atoms with van der Waals surface area (Å²) in [5.41, 5.74) is 0.695. The summed E-state index contributed by atoms with van der Waals surface area (Å²) in [5.74, 6) is 0.0944. The highest BCUT2D eigenvalue weighted by Gasteiger charge is 2.09. The fourth-order valence-electron chi connectivity index (χ4n) is 0.817. The fourth-order valence-corrected chi connectivity index (χ4v) is 1.55. The van der Waals surface area contributed by atoms with E-state index in [0.717, 1.165) is 0 Å². The first-order valence-electron chi connectivity index (χ1n) is 3.41. The van der Waals surface area contributed by atoms with Crippen LogP contribution in [-0.4, -0.2) is 6.61 Å². The molecule has 0 unspecified atom stereocenters.